The zero-order valence-corrected chi connectivity index (χ0v) is 14.2. The van der Waals surface area contributed by atoms with Crippen molar-refractivity contribution in [2.45, 2.75) is 38.6 Å². The smallest absolute Gasteiger partial charge is 0.239 e. The van der Waals surface area contributed by atoms with Crippen molar-refractivity contribution >= 4 is 36.6 Å². The quantitative estimate of drug-likeness (QED) is 0.620. The lowest BCUT2D eigenvalue weighted by atomic mass is 10.0. The molecule has 0 aromatic heterocycles. The van der Waals surface area contributed by atoms with Crippen LogP contribution >= 0.6 is 24.8 Å². The molecule has 1 saturated heterocycles. The number of hydrogen-bond acceptors (Lipinski definition) is 4. The van der Waals surface area contributed by atoms with Gasteiger partial charge in [0.25, 0.3) is 0 Å². The van der Waals surface area contributed by atoms with E-state index in [2.05, 4.69) is 22.5 Å². The largest absolute Gasteiger partial charge is 0.353 e. The Balaban J connectivity index is 0. The Morgan fingerprint density at radius 2 is 1.90 bits per heavy atom. The van der Waals surface area contributed by atoms with Gasteiger partial charge in [-0.05, 0) is 25.8 Å². The van der Waals surface area contributed by atoms with E-state index >= 15 is 0 Å². The molecule has 1 aliphatic rings. The molecule has 0 bridgehead atoms. The lowest BCUT2D eigenvalue weighted by Crippen LogP contribution is -2.45. The molecule has 1 rings (SSSR count). The number of rotatable bonds is 7. The third-order valence-corrected chi connectivity index (χ3v) is 3.57. The van der Waals surface area contributed by atoms with Crippen LogP contribution in [0.3, 0.4) is 0 Å². The maximum absolute atomic E-state index is 11.5. The van der Waals surface area contributed by atoms with Gasteiger partial charge in [-0.3, -0.25) is 14.5 Å². The molecule has 21 heavy (non-hydrogen) atoms. The first-order valence-corrected chi connectivity index (χ1v) is 7.14. The van der Waals surface area contributed by atoms with Crippen molar-refractivity contribution in [1.82, 2.24) is 15.5 Å². The van der Waals surface area contributed by atoms with Crippen molar-refractivity contribution < 1.29 is 9.59 Å². The van der Waals surface area contributed by atoms with Crippen LogP contribution in [0.2, 0.25) is 0 Å². The fraction of sp³-hybridized carbons (Fsp3) is 0.846. The molecule has 6 nitrogen and oxygen atoms in total. The van der Waals surface area contributed by atoms with Crippen molar-refractivity contribution in [3.8, 4) is 0 Å². The lowest BCUT2D eigenvalue weighted by molar-refractivity contribution is -0.125. The van der Waals surface area contributed by atoms with Gasteiger partial charge in [-0.2, -0.15) is 0 Å². The highest BCUT2D eigenvalue weighted by atomic mass is 35.5. The van der Waals surface area contributed by atoms with Crippen LogP contribution in [0.15, 0.2) is 0 Å². The van der Waals surface area contributed by atoms with Crippen molar-refractivity contribution in [3.05, 3.63) is 0 Å². The second-order valence-corrected chi connectivity index (χ2v) is 4.92. The zero-order chi connectivity index (χ0) is 14.1. The number of likely N-dealkylation sites (tertiary alicyclic amines) is 1. The number of hydrogen-bond donors (Lipinski definition) is 3. The van der Waals surface area contributed by atoms with Crippen LogP contribution in [0.5, 0.6) is 0 Å². The minimum absolute atomic E-state index is 0. The molecule has 1 unspecified atom stereocenters. The van der Waals surface area contributed by atoms with Crippen LogP contribution in [0.4, 0.5) is 0 Å². The van der Waals surface area contributed by atoms with Crippen molar-refractivity contribution in [2.75, 3.05) is 32.7 Å². The molecule has 2 amide bonds. The maximum atomic E-state index is 11.5. The number of amides is 2. The minimum atomic E-state index is -0.308. The van der Waals surface area contributed by atoms with Gasteiger partial charge in [-0.1, -0.05) is 13.3 Å². The molecule has 1 aliphatic heterocycles. The molecule has 0 saturated carbocycles. The lowest BCUT2D eigenvalue weighted by Gasteiger charge is -2.35. The number of nitrogens with zero attached hydrogens (tertiary/aromatic N) is 1. The van der Waals surface area contributed by atoms with E-state index in [4.69, 9.17) is 5.73 Å². The normalized spacial score (nSPS) is 18.1. The van der Waals surface area contributed by atoms with Crippen LogP contribution in [-0.4, -0.2) is 55.5 Å². The van der Waals surface area contributed by atoms with E-state index in [0.29, 0.717) is 12.6 Å². The van der Waals surface area contributed by atoms with E-state index in [1.807, 2.05) is 0 Å². The summed E-state index contributed by atoms with van der Waals surface area (Å²) < 4.78 is 0. The highest BCUT2D eigenvalue weighted by Gasteiger charge is 2.20. The Labute approximate surface area is 139 Å². The first-order chi connectivity index (χ1) is 9.17. The maximum Gasteiger partial charge on any atom is 0.239 e. The summed E-state index contributed by atoms with van der Waals surface area (Å²) in [4.78, 5) is 24.8. The summed E-state index contributed by atoms with van der Waals surface area (Å²) in [5, 5.41) is 5.27. The first kappa shape index (κ1) is 22.7. The van der Waals surface area contributed by atoms with Crippen LogP contribution in [0, 0.1) is 0 Å². The molecule has 0 aromatic rings. The molecule has 0 aliphatic carbocycles. The third-order valence-electron chi connectivity index (χ3n) is 3.57. The molecule has 0 aromatic carbocycles. The molecule has 0 radical (unpaired) electrons. The Kier molecular flexibility index (Phi) is 14.2. The summed E-state index contributed by atoms with van der Waals surface area (Å²) in [5.74, 6) is -0.468. The van der Waals surface area contributed by atoms with Gasteiger partial charge in [0.05, 0.1) is 13.1 Å². The summed E-state index contributed by atoms with van der Waals surface area (Å²) in [6, 6.07) is 0.655. The summed E-state index contributed by atoms with van der Waals surface area (Å²) >= 11 is 0. The average molecular weight is 343 g/mol. The molecule has 8 heteroatoms. The molecular weight excluding hydrogens is 315 g/mol. The van der Waals surface area contributed by atoms with Gasteiger partial charge < -0.3 is 16.4 Å². The van der Waals surface area contributed by atoms with Gasteiger partial charge in [-0.25, -0.2) is 0 Å². The summed E-state index contributed by atoms with van der Waals surface area (Å²) in [7, 11) is 0. The predicted octanol–water partition coefficient (Wildman–Crippen LogP) is 0.286. The van der Waals surface area contributed by atoms with Crippen LogP contribution < -0.4 is 16.4 Å². The summed E-state index contributed by atoms with van der Waals surface area (Å²) in [6.45, 7) is 4.78. The average Bonchev–Trinajstić information content (AvgIpc) is 2.45. The fourth-order valence-corrected chi connectivity index (χ4v) is 2.47. The van der Waals surface area contributed by atoms with Gasteiger partial charge in [0, 0.05) is 19.1 Å². The Bertz CT molecular complexity index is 306. The number of carbonyl (C=O) groups excluding carboxylic acids is 2. The van der Waals surface area contributed by atoms with Crippen LogP contribution in [0.25, 0.3) is 0 Å². The number of nitrogens with two attached hydrogens (primary N) is 1. The standard InChI is InChI=1S/C13H26N4O2.2ClH/c1-2-11-5-3-4-7-17(11)8-6-15-13(19)10-16-12(18)9-14;;/h11H,2-10,14H2,1H3,(H,15,19)(H,16,18);2*1H. The number of nitrogens with one attached hydrogen (secondary N) is 2. The highest BCUT2D eigenvalue weighted by molar-refractivity contribution is 5.86. The van der Waals surface area contributed by atoms with E-state index in [-0.39, 0.29) is 49.7 Å². The Hall–Kier alpha value is -0.560. The SMILES string of the molecule is CCC1CCCCN1CCNC(=O)CNC(=O)CN.Cl.Cl. The van der Waals surface area contributed by atoms with Crippen LogP contribution in [-0.2, 0) is 9.59 Å². The summed E-state index contributed by atoms with van der Waals surface area (Å²) in [6.07, 6.45) is 4.99. The van der Waals surface area contributed by atoms with E-state index in [1.165, 1.54) is 25.7 Å². The zero-order valence-electron chi connectivity index (χ0n) is 12.6. The minimum Gasteiger partial charge on any atom is -0.353 e. The Morgan fingerprint density at radius 1 is 1.19 bits per heavy atom. The topological polar surface area (TPSA) is 87.5 Å². The first-order valence-electron chi connectivity index (χ1n) is 7.14. The van der Waals surface area contributed by atoms with E-state index in [9.17, 15) is 9.59 Å². The van der Waals surface area contributed by atoms with Gasteiger partial charge in [0.2, 0.25) is 11.8 Å². The van der Waals surface area contributed by atoms with Gasteiger partial charge in [0.1, 0.15) is 0 Å². The van der Waals surface area contributed by atoms with Crippen molar-refractivity contribution in [3.63, 3.8) is 0 Å². The Morgan fingerprint density at radius 3 is 2.52 bits per heavy atom. The van der Waals surface area contributed by atoms with Crippen LogP contribution in [0.1, 0.15) is 32.6 Å². The molecule has 126 valence electrons. The number of halogens is 2. The molecular formula is C13H28Cl2N4O2. The van der Waals surface area contributed by atoms with Crippen molar-refractivity contribution in [2.24, 2.45) is 5.73 Å². The number of piperidine rings is 1. The fourth-order valence-electron chi connectivity index (χ4n) is 2.47. The second-order valence-electron chi connectivity index (χ2n) is 4.92. The van der Waals surface area contributed by atoms with Gasteiger partial charge >= 0.3 is 0 Å². The predicted molar refractivity (Wildman–Crippen MR) is 89.1 cm³/mol. The summed E-state index contributed by atoms with van der Waals surface area (Å²) in [5.41, 5.74) is 5.14. The molecule has 1 heterocycles. The molecule has 0 spiro atoms. The van der Waals surface area contributed by atoms with E-state index < -0.39 is 0 Å². The highest BCUT2D eigenvalue weighted by Crippen LogP contribution is 2.18. The second kappa shape index (κ2) is 13.1. The van der Waals surface area contributed by atoms with E-state index in [1.54, 1.807) is 0 Å². The number of carbonyl (C=O) groups is 2. The molecule has 4 N–H and O–H groups in total. The third kappa shape index (κ3) is 9.14. The van der Waals surface area contributed by atoms with Crippen molar-refractivity contribution in [1.29, 1.82) is 0 Å². The van der Waals surface area contributed by atoms with Gasteiger partial charge in [-0.15, -0.1) is 24.8 Å². The molecule has 1 atom stereocenters. The monoisotopic (exact) mass is 342 g/mol. The molecule has 1 fully saturated rings. The van der Waals surface area contributed by atoms with E-state index in [0.717, 1.165) is 13.1 Å². The van der Waals surface area contributed by atoms with Gasteiger partial charge in [0.15, 0.2) is 0 Å².